The smallest absolute Gasteiger partial charge is 0.223 e. The van der Waals surface area contributed by atoms with Crippen LogP contribution in [0, 0.1) is 0 Å². The highest BCUT2D eigenvalue weighted by atomic mass is 32.2. The van der Waals surface area contributed by atoms with E-state index in [4.69, 9.17) is 0 Å². The van der Waals surface area contributed by atoms with Crippen molar-refractivity contribution in [3.63, 3.8) is 0 Å². The van der Waals surface area contributed by atoms with Crippen molar-refractivity contribution in [3.8, 4) is 0 Å². The number of hydrogen-bond donors (Lipinski definition) is 1. The summed E-state index contributed by atoms with van der Waals surface area (Å²) in [4.78, 5) is 8.75. The van der Waals surface area contributed by atoms with E-state index in [-0.39, 0.29) is 0 Å². The van der Waals surface area contributed by atoms with Gasteiger partial charge in [0.05, 0.1) is 0 Å². The molecule has 2 aromatic heterocycles. The topological polar surface area (TPSA) is 68.5 Å². The summed E-state index contributed by atoms with van der Waals surface area (Å²) in [7, 11) is 0. The van der Waals surface area contributed by atoms with Gasteiger partial charge in [0.25, 0.3) is 0 Å². The van der Waals surface area contributed by atoms with E-state index in [0.29, 0.717) is 5.95 Å². The maximum Gasteiger partial charge on any atom is 0.223 e. The summed E-state index contributed by atoms with van der Waals surface area (Å²) in [6, 6.07) is 1.92. The van der Waals surface area contributed by atoms with E-state index >= 15 is 0 Å². The molecule has 1 N–H and O–H groups in total. The molecule has 0 saturated carbocycles. The summed E-state index contributed by atoms with van der Waals surface area (Å²) in [5.41, 5.74) is 0. The average Bonchev–Trinajstić information content (AvgIpc) is 2.74. The average molecular weight is 304 g/mol. The molecular formula is C14H20N6S. The van der Waals surface area contributed by atoms with E-state index in [2.05, 4.69) is 37.0 Å². The Morgan fingerprint density at radius 2 is 2.24 bits per heavy atom. The van der Waals surface area contributed by atoms with E-state index in [1.165, 1.54) is 19.3 Å². The summed E-state index contributed by atoms with van der Waals surface area (Å²) >= 11 is 1.56. The molecule has 3 heterocycles. The van der Waals surface area contributed by atoms with Crippen molar-refractivity contribution in [2.24, 2.45) is 0 Å². The van der Waals surface area contributed by atoms with Crippen LogP contribution in [-0.2, 0) is 13.0 Å². The highest BCUT2D eigenvalue weighted by Gasteiger charge is 2.16. The summed E-state index contributed by atoms with van der Waals surface area (Å²) in [5, 5.41) is 13.7. The summed E-state index contributed by atoms with van der Waals surface area (Å²) in [6.45, 7) is 4.02. The third kappa shape index (κ3) is 3.53. The van der Waals surface area contributed by atoms with Gasteiger partial charge in [-0.1, -0.05) is 13.3 Å². The van der Waals surface area contributed by atoms with Gasteiger partial charge in [0.2, 0.25) is 5.95 Å². The fourth-order valence-corrected chi connectivity index (χ4v) is 3.18. The lowest BCUT2D eigenvalue weighted by Gasteiger charge is -2.07. The predicted octanol–water partition coefficient (Wildman–Crippen LogP) is 2.77. The Kier molecular flexibility index (Phi) is 4.69. The van der Waals surface area contributed by atoms with E-state index in [1.807, 2.05) is 6.07 Å². The normalized spacial score (nSPS) is 14.5. The van der Waals surface area contributed by atoms with Gasteiger partial charge in [-0.3, -0.25) is 0 Å². The molecular weight excluding hydrogens is 284 g/mol. The first-order valence-corrected chi connectivity index (χ1v) is 8.35. The molecule has 0 saturated heterocycles. The molecule has 112 valence electrons. The van der Waals surface area contributed by atoms with Gasteiger partial charge in [0.1, 0.15) is 10.9 Å². The molecule has 0 unspecified atom stereocenters. The molecule has 2 aromatic rings. The third-order valence-corrected chi connectivity index (χ3v) is 4.36. The molecule has 1 aliphatic rings. The minimum absolute atomic E-state index is 0.678. The Morgan fingerprint density at radius 3 is 3.14 bits per heavy atom. The third-order valence-electron chi connectivity index (χ3n) is 3.43. The molecule has 1 aliphatic heterocycles. The lowest BCUT2D eigenvalue weighted by Crippen LogP contribution is -2.05. The fraction of sp³-hybridized carbons (Fsp3) is 0.571. The highest BCUT2D eigenvalue weighted by molar-refractivity contribution is 7.99. The Balaban J connectivity index is 1.76. The lowest BCUT2D eigenvalue weighted by molar-refractivity contribution is 0.590. The minimum Gasteiger partial charge on any atom is -0.354 e. The van der Waals surface area contributed by atoms with Gasteiger partial charge in [-0.15, -0.1) is 10.2 Å². The van der Waals surface area contributed by atoms with Gasteiger partial charge >= 0.3 is 0 Å². The largest absolute Gasteiger partial charge is 0.354 e. The number of aryl methyl sites for hydroxylation is 1. The van der Waals surface area contributed by atoms with Gasteiger partial charge in [0, 0.05) is 25.7 Å². The molecule has 0 bridgehead atoms. The molecule has 0 aliphatic carbocycles. The zero-order valence-electron chi connectivity index (χ0n) is 12.2. The minimum atomic E-state index is 0.678. The van der Waals surface area contributed by atoms with Crippen LogP contribution in [0.1, 0.15) is 38.4 Å². The SMILES string of the molecule is CCCNc1nccc(Sc2nnc3n2CCCCC3)n1. The molecule has 0 fully saturated rings. The summed E-state index contributed by atoms with van der Waals surface area (Å²) < 4.78 is 2.24. The summed E-state index contributed by atoms with van der Waals surface area (Å²) in [5.74, 6) is 1.78. The van der Waals surface area contributed by atoms with Crippen LogP contribution in [0.5, 0.6) is 0 Å². The number of hydrogen-bond acceptors (Lipinski definition) is 6. The second-order valence-corrected chi connectivity index (χ2v) is 6.10. The van der Waals surface area contributed by atoms with Crippen molar-refractivity contribution in [2.75, 3.05) is 11.9 Å². The van der Waals surface area contributed by atoms with Crippen LogP contribution in [0.2, 0.25) is 0 Å². The molecule has 0 aromatic carbocycles. The molecule has 0 amide bonds. The van der Waals surface area contributed by atoms with Crippen LogP contribution < -0.4 is 5.32 Å². The Morgan fingerprint density at radius 1 is 1.29 bits per heavy atom. The highest BCUT2D eigenvalue weighted by Crippen LogP contribution is 2.27. The Labute approximate surface area is 128 Å². The van der Waals surface area contributed by atoms with Crippen LogP contribution in [0.25, 0.3) is 0 Å². The maximum atomic E-state index is 4.52. The fourth-order valence-electron chi connectivity index (χ4n) is 2.35. The van der Waals surface area contributed by atoms with Crippen LogP contribution in [0.15, 0.2) is 22.4 Å². The Hall–Kier alpha value is -1.63. The second-order valence-electron chi connectivity index (χ2n) is 5.11. The van der Waals surface area contributed by atoms with Gasteiger partial charge < -0.3 is 9.88 Å². The van der Waals surface area contributed by atoms with E-state index in [0.717, 1.165) is 41.9 Å². The van der Waals surface area contributed by atoms with Crippen LogP contribution in [0.3, 0.4) is 0 Å². The molecule has 7 heteroatoms. The van der Waals surface area contributed by atoms with Crippen molar-refractivity contribution in [3.05, 3.63) is 18.1 Å². The van der Waals surface area contributed by atoms with E-state index < -0.39 is 0 Å². The molecule has 21 heavy (non-hydrogen) atoms. The quantitative estimate of drug-likeness (QED) is 0.857. The number of aromatic nitrogens is 5. The maximum absolute atomic E-state index is 4.52. The van der Waals surface area contributed by atoms with E-state index in [9.17, 15) is 0 Å². The second kappa shape index (κ2) is 6.89. The van der Waals surface area contributed by atoms with Crippen molar-refractivity contribution < 1.29 is 0 Å². The van der Waals surface area contributed by atoms with Crippen molar-refractivity contribution in [2.45, 2.75) is 55.8 Å². The molecule has 0 radical (unpaired) electrons. The lowest BCUT2D eigenvalue weighted by atomic mass is 10.2. The van der Waals surface area contributed by atoms with Gasteiger partial charge in [-0.2, -0.15) is 0 Å². The van der Waals surface area contributed by atoms with Crippen molar-refractivity contribution in [1.82, 2.24) is 24.7 Å². The molecule has 0 atom stereocenters. The number of nitrogens with one attached hydrogen (secondary N) is 1. The number of nitrogens with zero attached hydrogens (tertiary/aromatic N) is 5. The van der Waals surface area contributed by atoms with Crippen molar-refractivity contribution >= 4 is 17.7 Å². The first kappa shape index (κ1) is 14.3. The number of rotatable bonds is 5. The monoisotopic (exact) mass is 304 g/mol. The number of anilines is 1. The van der Waals surface area contributed by atoms with Crippen LogP contribution >= 0.6 is 11.8 Å². The summed E-state index contributed by atoms with van der Waals surface area (Å²) in [6.07, 6.45) is 7.55. The zero-order valence-corrected chi connectivity index (χ0v) is 13.1. The number of fused-ring (bicyclic) bond motifs is 1. The van der Waals surface area contributed by atoms with Crippen LogP contribution in [0.4, 0.5) is 5.95 Å². The van der Waals surface area contributed by atoms with E-state index in [1.54, 1.807) is 18.0 Å². The van der Waals surface area contributed by atoms with Gasteiger partial charge in [-0.05, 0) is 37.1 Å². The first-order valence-electron chi connectivity index (χ1n) is 7.53. The predicted molar refractivity (Wildman–Crippen MR) is 82.5 cm³/mol. The van der Waals surface area contributed by atoms with Crippen molar-refractivity contribution in [1.29, 1.82) is 0 Å². The standard InChI is InChI=1S/C14H20N6S/c1-2-8-15-13-16-9-7-12(17-13)21-14-19-18-11-6-4-3-5-10-20(11)14/h7,9H,2-6,8,10H2,1H3,(H,15,16,17). The van der Waals surface area contributed by atoms with Gasteiger partial charge in [-0.25, -0.2) is 9.97 Å². The first-order chi connectivity index (χ1) is 10.4. The van der Waals surface area contributed by atoms with Crippen LogP contribution in [-0.4, -0.2) is 31.3 Å². The molecule has 3 rings (SSSR count). The molecule has 0 spiro atoms. The zero-order chi connectivity index (χ0) is 14.5. The van der Waals surface area contributed by atoms with Gasteiger partial charge in [0.15, 0.2) is 5.16 Å². The molecule has 6 nitrogen and oxygen atoms in total. The Bertz CT molecular complexity index is 597.